The Balaban J connectivity index is 1.48. The van der Waals surface area contributed by atoms with E-state index < -0.39 is 5.41 Å². The first kappa shape index (κ1) is 19.3. The zero-order valence-electron chi connectivity index (χ0n) is 16.3. The Kier molecular flexibility index (Phi) is 5.45. The summed E-state index contributed by atoms with van der Waals surface area (Å²) in [5, 5.41) is 0.788. The maximum Gasteiger partial charge on any atom is 0.281 e. The molecule has 0 spiro atoms. The number of aromatic nitrogens is 1. The number of carbonyl (C=O) groups excluding carboxylic acids is 2. The van der Waals surface area contributed by atoms with Crippen LogP contribution in [0.4, 0.5) is 0 Å². The molecule has 148 valence electrons. The van der Waals surface area contributed by atoms with Crippen LogP contribution in [0, 0.1) is 6.92 Å². The molecule has 2 N–H and O–H groups in total. The lowest BCUT2D eigenvalue weighted by Gasteiger charge is -2.28. The Hall–Kier alpha value is -2.99. The molecule has 4 rings (SSSR count). The molecule has 6 heteroatoms. The zero-order chi connectivity index (χ0) is 20.3. The summed E-state index contributed by atoms with van der Waals surface area (Å²) in [5.74, 6) is -0.489. The van der Waals surface area contributed by atoms with Crippen molar-refractivity contribution in [1.29, 1.82) is 0 Å². The standard InChI is InChI=1S/C23H23N3O2S/c1-16-19(29-21(24-16)17-10-4-2-5-11-17)20(27)25-26-22(28)23(14-8-9-15-23)18-12-6-3-7-13-18/h2-7,10-13H,8-9,14-15H2,1H3,(H,25,27)(H,26,28). The smallest absolute Gasteiger partial charge is 0.272 e. The lowest BCUT2D eigenvalue weighted by molar-refractivity contribution is -0.127. The number of hydrogen-bond donors (Lipinski definition) is 2. The number of aryl methyl sites for hydroxylation is 1. The number of benzene rings is 2. The predicted molar refractivity (Wildman–Crippen MR) is 114 cm³/mol. The number of thiazole rings is 1. The van der Waals surface area contributed by atoms with Gasteiger partial charge in [-0.2, -0.15) is 0 Å². The van der Waals surface area contributed by atoms with E-state index in [1.54, 1.807) is 0 Å². The molecule has 2 amide bonds. The molecule has 1 fully saturated rings. The summed E-state index contributed by atoms with van der Waals surface area (Å²) in [5.41, 5.74) is 7.34. The van der Waals surface area contributed by atoms with Crippen molar-refractivity contribution in [3.8, 4) is 10.6 Å². The van der Waals surface area contributed by atoms with Gasteiger partial charge in [0.2, 0.25) is 5.91 Å². The number of hydrazine groups is 1. The van der Waals surface area contributed by atoms with Crippen molar-refractivity contribution in [2.45, 2.75) is 38.0 Å². The summed E-state index contributed by atoms with van der Waals surface area (Å²) in [7, 11) is 0. The second-order valence-corrected chi connectivity index (χ2v) is 8.36. The van der Waals surface area contributed by atoms with Gasteiger partial charge in [0.25, 0.3) is 5.91 Å². The fourth-order valence-corrected chi connectivity index (χ4v) is 4.95. The highest BCUT2D eigenvalue weighted by molar-refractivity contribution is 7.17. The summed E-state index contributed by atoms with van der Waals surface area (Å²) >= 11 is 1.33. The van der Waals surface area contributed by atoms with Crippen LogP contribution in [-0.2, 0) is 10.2 Å². The third kappa shape index (κ3) is 3.80. The Morgan fingerprint density at radius 1 is 0.931 bits per heavy atom. The Bertz CT molecular complexity index is 1010. The van der Waals surface area contributed by atoms with E-state index in [2.05, 4.69) is 15.8 Å². The van der Waals surface area contributed by atoms with Crippen molar-refractivity contribution < 1.29 is 9.59 Å². The summed E-state index contributed by atoms with van der Waals surface area (Å²) in [6, 6.07) is 19.6. The molecule has 3 aromatic rings. The third-order valence-electron chi connectivity index (χ3n) is 5.53. The Morgan fingerprint density at radius 3 is 2.21 bits per heavy atom. The first-order valence-corrected chi connectivity index (χ1v) is 10.6. The van der Waals surface area contributed by atoms with E-state index in [1.165, 1.54) is 11.3 Å². The topological polar surface area (TPSA) is 71.1 Å². The van der Waals surface area contributed by atoms with Gasteiger partial charge in [-0.15, -0.1) is 11.3 Å². The molecular formula is C23H23N3O2S. The molecular weight excluding hydrogens is 382 g/mol. The maximum atomic E-state index is 13.1. The van der Waals surface area contributed by atoms with Crippen molar-refractivity contribution in [2.24, 2.45) is 0 Å². The van der Waals surface area contributed by atoms with Crippen molar-refractivity contribution in [2.75, 3.05) is 0 Å². The van der Waals surface area contributed by atoms with E-state index in [0.717, 1.165) is 41.8 Å². The average molecular weight is 406 g/mol. The monoisotopic (exact) mass is 405 g/mol. The molecule has 1 aromatic heterocycles. The summed E-state index contributed by atoms with van der Waals surface area (Å²) in [6.45, 7) is 1.81. The second-order valence-electron chi connectivity index (χ2n) is 7.36. The second kappa shape index (κ2) is 8.17. The summed E-state index contributed by atoms with van der Waals surface area (Å²) in [4.78, 5) is 30.8. The van der Waals surface area contributed by atoms with Crippen molar-refractivity contribution in [1.82, 2.24) is 15.8 Å². The fraction of sp³-hybridized carbons (Fsp3) is 0.261. The van der Waals surface area contributed by atoms with Crippen LogP contribution >= 0.6 is 11.3 Å². The minimum atomic E-state index is -0.577. The van der Waals surface area contributed by atoms with E-state index in [4.69, 9.17) is 0 Å². The molecule has 1 aliphatic carbocycles. The molecule has 0 unspecified atom stereocenters. The number of rotatable bonds is 4. The molecule has 29 heavy (non-hydrogen) atoms. The van der Waals surface area contributed by atoms with Gasteiger partial charge < -0.3 is 0 Å². The molecule has 1 heterocycles. The van der Waals surface area contributed by atoms with Gasteiger partial charge in [-0.3, -0.25) is 20.4 Å². The highest BCUT2D eigenvalue weighted by Gasteiger charge is 2.42. The van der Waals surface area contributed by atoms with Gasteiger partial charge in [0, 0.05) is 5.56 Å². The van der Waals surface area contributed by atoms with Gasteiger partial charge in [0.1, 0.15) is 9.88 Å². The molecule has 2 aromatic carbocycles. The number of hydrogen-bond acceptors (Lipinski definition) is 4. The van der Waals surface area contributed by atoms with Gasteiger partial charge in [0.05, 0.1) is 11.1 Å². The molecule has 0 atom stereocenters. The van der Waals surface area contributed by atoms with E-state index >= 15 is 0 Å². The fourth-order valence-electron chi connectivity index (χ4n) is 3.98. The van der Waals surface area contributed by atoms with E-state index in [-0.39, 0.29) is 11.8 Å². The number of nitrogens with zero attached hydrogens (tertiary/aromatic N) is 1. The van der Waals surface area contributed by atoms with Gasteiger partial charge in [-0.25, -0.2) is 4.98 Å². The van der Waals surface area contributed by atoms with Crippen LogP contribution in [0.25, 0.3) is 10.6 Å². The normalized spacial score (nSPS) is 15.1. The molecule has 0 saturated heterocycles. The zero-order valence-corrected chi connectivity index (χ0v) is 17.1. The van der Waals surface area contributed by atoms with E-state index in [9.17, 15) is 9.59 Å². The maximum absolute atomic E-state index is 13.1. The van der Waals surface area contributed by atoms with Crippen LogP contribution < -0.4 is 10.9 Å². The van der Waals surface area contributed by atoms with Crippen LogP contribution in [-0.4, -0.2) is 16.8 Å². The largest absolute Gasteiger partial charge is 0.281 e. The highest BCUT2D eigenvalue weighted by Crippen LogP contribution is 2.41. The highest BCUT2D eigenvalue weighted by atomic mass is 32.1. The molecule has 0 aliphatic heterocycles. The lowest BCUT2D eigenvalue weighted by Crippen LogP contribution is -2.50. The van der Waals surface area contributed by atoms with Crippen LogP contribution in [0.1, 0.15) is 46.6 Å². The van der Waals surface area contributed by atoms with Gasteiger partial charge in [-0.1, -0.05) is 73.5 Å². The molecule has 0 radical (unpaired) electrons. The summed E-state index contributed by atoms with van der Waals surface area (Å²) in [6.07, 6.45) is 3.59. The molecule has 1 saturated carbocycles. The van der Waals surface area contributed by atoms with Gasteiger partial charge >= 0.3 is 0 Å². The van der Waals surface area contributed by atoms with Crippen LogP contribution in [0.15, 0.2) is 60.7 Å². The van der Waals surface area contributed by atoms with Crippen LogP contribution in [0.5, 0.6) is 0 Å². The molecule has 5 nitrogen and oxygen atoms in total. The Morgan fingerprint density at radius 2 is 1.55 bits per heavy atom. The van der Waals surface area contributed by atoms with Crippen LogP contribution in [0.2, 0.25) is 0 Å². The van der Waals surface area contributed by atoms with E-state index in [0.29, 0.717) is 10.6 Å². The number of nitrogens with one attached hydrogen (secondary N) is 2. The Labute approximate surface area is 174 Å². The van der Waals surface area contributed by atoms with Gasteiger partial charge in [0.15, 0.2) is 0 Å². The first-order chi connectivity index (χ1) is 14.1. The minimum Gasteiger partial charge on any atom is -0.272 e. The van der Waals surface area contributed by atoms with Crippen LogP contribution in [0.3, 0.4) is 0 Å². The molecule has 0 bridgehead atoms. The average Bonchev–Trinajstić information content (AvgIpc) is 3.41. The molecule has 1 aliphatic rings. The number of carbonyl (C=O) groups is 2. The van der Waals surface area contributed by atoms with Crippen molar-refractivity contribution in [3.05, 3.63) is 76.8 Å². The quantitative estimate of drug-likeness (QED) is 0.633. The minimum absolute atomic E-state index is 0.153. The summed E-state index contributed by atoms with van der Waals surface area (Å²) < 4.78 is 0. The first-order valence-electron chi connectivity index (χ1n) is 9.79. The van der Waals surface area contributed by atoms with Crippen molar-refractivity contribution >= 4 is 23.2 Å². The third-order valence-corrected chi connectivity index (χ3v) is 6.74. The van der Waals surface area contributed by atoms with Gasteiger partial charge in [-0.05, 0) is 25.3 Å². The van der Waals surface area contributed by atoms with E-state index in [1.807, 2.05) is 67.6 Å². The lowest BCUT2D eigenvalue weighted by atomic mass is 9.78. The van der Waals surface area contributed by atoms with Crippen molar-refractivity contribution in [3.63, 3.8) is 0 Å². The number of amides is 2. The SMILES string of the molecule is Cc1nc(-c2ccccc2)sc1C(=O)NNC(=O)C1(c2ccccc2)CCCC1. The predicted octanol–water partition coefficient (Wildman–Crippen LogP) is 4.39.